The molecule has 1 aromatic carbocycles. The summed E-state index contributed by atoms with van der Waals surface area (Å²) in [5, 5.41) is 2.89. The van der Waals surface area contributed by atoms with Crippen molar-refractivity contribution in [1.82, 2.24) is 15.1 Å². The molecule has 7 heteroatoms. The Hall–Kier alpha value is -2.28. The van der Waals surface area contributed by atoms with Gasteiger partial charge in [-0.1, -0.05) is 12.1 Å². The normalized spacial score (nSPS) is 19.2. The highest BCUT2D eigenvalue weighted by molar-refractivity contribution is 6.07. The van der Waals surface area contributed by atoms with Crippen LogP contribution < -0.4 is 14.8 Å². The van der Waals surface area contributed by atoms with Crippen molar-refractivity contribution < 1.29 is 14.3 Å². The molecule has 1 spiro atoms. The Kier molecular flexibility index (Phi) is 5.66. The lowest BCUT2D eigenvalue weighted by atomic mass is 9.88. The van der Waals surface area contributed by atoms with Crippen LogP contribution in [-0.2, 0) is 4.79 Å². The fourth-order valence-corrected chi connectivity index (χ4v) is 3.33. The number of guanidine groups is 1. The molecule has 2 heterocycles. The highest BCUT2D eigenvalue weighted by atomic mass is 16.5. The Morgan fingerprint density at radius 3 is 2.42 bits per heavy atom. The van der Waals surface area contributed by atoms with E-state index in [1.54, 1.807) is 0 Å². The molecule has 2 aliphatic heterocycles. The zero-order valence-electron chi connectivity index (χ0n) is 15.8. The van der Waals surface area contributed by atoms with E-state index in [0.29, 0.717) is 19.2 Å². The third kappa shape index (κ3) is 3.93. The van der Waals surface area contributed by atoms with Gasteiger partial charge in [0.15, 0.2) is 11.5 Å². The number of ether oxygens (including phenoxy) is 2. The van der Waals surface area contributed by atoms with Crippen LogP contribution in [0.1, 0.15) is 19.8 Å². The molecule has 1 N–H and O–H groups in total. The Morgan fingerprint density at radius 1 is 1.19 bits per heavy atom. The number of nitrogens with one attached hydrogen (secondary N) is 1. The van der Waals surface area contributed by atoms with Gasteiger partial charge in [0.2, 0.25) is 5.96 Å². The minimum atomic E-state index is -0.585. The summed E-state index contributed by atoms with van der Waals surface area (Å²) in [6.07, 6.45) is 1.48. The molecule has 0 aliphatic carbocycles. The van der Waals surface area contributed by atoms with Gasteiger partial charge in [-0.05, 0) is 31.9 Å². The Morgan fingerprint density at radius 2 is 1.85 bits per heavy atom. The predicted molar refractivity (Wildman–Crippen MR) is 101 cm³/mol. The van der Waals surface area contributed by atoms with Gasteiger partial charge in [-0.2, -0.15) is 0 Å². The maximum absolute atomic E-state index is 12.4. The molecule has 7 nitrogen and oxygen atoms in total. The van der Waals surface area contributed by atoms with Gasteiger partial charge in [0.05, 0.1) is 6.61 Å². The van der Waals surface area contributed by atoms with E-state index in [1.807, 2.05) is 50.2 Å². The Bertz CT molecular complexity index is 667. The SMILES string of the molecule is CCOc1ccccc1OCCN1CCC2(CC1)N=C(N(C)C)NC2=O. The van der Waals surface area contributed by atoms with Crippen LogP contribution in [0.2, 0.25) is 0 Å². The lowest BCUT2D eigenvalue weighted by Crippen LogP contribution is -2.49. The average Bonchev–Trinajstić information content (AvgIpc) is 2.95. The van der Waals surface area contributed by atoms with Crippen molar-refractivity contribution in [2.75, 3.05) is 46.9 Å². The van der Waals surface area contributed by atoms with Crippen molar-refractivity contribution in [3.63, 3.8) is 0 Å². The van der Waals surface area contributed by atoms with Gasteiger partial charge in [0, 0.05) is 33.7 Å². The average molecular weight is 360 g/mol. The number of piperidine rings is 1. The number of aliphatic imine (C=N–C) groups is 1. The summed E-state index contributed by atoms with van der Waals surface area (Å²) in [6.45, 7) is 5.68. The van der Waals surface area contributed by atoms with Crippen LogP contribution >= 0.6 is 0 Å². The Balaban J connectivity index is 1.49. The highest BCUT2D eigenvalue weighted by Crippen LogP contribution is 2.30. The lowest BCUT2D eigenvalue weighted by molar-refractivity contribution is -0.125. The summed E-state index contributed by atoms with van der Waals surface area (Å²) in [5.74, 6) is 2.25. The van der Waals surface area contributed by atoms with E-state index in [4.69, 9.17) is 9.47 Å². The maximum atomic E-state index is 12.4. The van der Waals surface area contributed by atoms with E-state index < -0.39 is 5.54 Å². The summed E-state index contributed by atoms with van der Waals surface area (Å²) < 4.78 is 11.5. The highest BCUT2D eigenvalue weighted by Gasteiger charge is 2.46. The summed E-state index contributed by atoms with van der Waals surface area (Å²) in [4.78, 5) is 21.2. The third-order valence-corrected chi connectivity index (χ3v) is 4.89. The molecule has 1 fully saturated rings. The minimum absolute atomic E-state index is 0.0303. The summed E-state index contributed by atoms with van der Waals surface area (Å²) >= 11 is 0. The molecule has 3 rings (SSSR count). The molecule has 0 unspecified atom stereocenters. The van der Waals surface area contributed by atoms with Gasteiger partial charge >= 0.3 is 0 Å². The third-order valence-electron chi connectivity index (χ3n) is 4.89. The van der Waals surface area contributed by atoms with Crippen molar-refractivity contribution in [2.24, 2.45) is 4.99 Å². The largest absolute Gasteiger partial charge is 0.490 e. The van der Waals surface area contributed by atoms with Crippen LogP contribution in [0, 0.1) is 0 Å². The fraction of sp³-hybridized carbons (Fsp3) is 0.579. The van der Waals surface area contributed by atoms with Crippen molar-refractivity contribution in [3.05, 3.63) is 24.3 Å². The number of benzene rings is 1. The van der Waals surface area contributed by atoms with E-state index in [2.05, 4.69) is 15.2 Å². The summed E-state index contributed by atoms with van der Waals surface area (Å²) in [7, 11) is 3.79. The minimum Gasteiger partial charge on any atom is -0.490 e. The zero-order chi connectivity index (χ0) is 18.6. The number of carbonyl (C=O) groups is 1. The summed E-state index contributed by atoms with van der Waals surface area (Å²) in [5.41, 5.74) is -0.585. The van der Waals surface area contributed by atoms with Gasteiger partial charge in [-0.15, -0.1) is 0 Å². The number of likely N-dealkylation sites (tertiary alicyclic amines) is 1. The molecule has 2 aliphatic rings. The molecule has 0 aromatic heterocycles. The Labute approximate surface area is 155 Å². The first kappa shape index (κ1) is 18.5. The van der Waals surface area contributed by atoms with E-state index in [9.17, 15) is 4.79 Å². The molecular formula is C19H28N4O3. The molecule has 26 heavy (non-hydrogen) atoms. The van der Waals surface area contributed by atoms with Crippen molar-refractivity contribution >= 4 is 11.9 Å². The number of hydrogen-bond acceptors (Lipinski definition) is 6. The van der Waals surface area contributed by atoms with Crippen LogP contribution in [0.15, 0.2) is 29.3 Å². The lowest BCUT2D eigenvalue weighted by Gasteiger charge is -2.35. The second kappa shape index (κ2) is 7.95. The van der Waals surface area contributed by atoms with Gasteiger partial charge in [0.25, 0.3) is 5.91 Å². The van der Waals surface area contributed by atoms with Gasteiger partial charge in [-0.25, -0.2) is 4.99 Å². The van der Waals surface area contributed by atoms with Crippen molar-refractivity contribution in [1.29, 1.82) is 0 Å². The van der Waals surface area contributed by atoms with E-state index >= 15 is 0 Å². The van der Waals surface area contributed by atoms with Gasteiger partial charge < -0.3 is 14.4 Å². The fourth-order valence-electron chi connectivity index (χ4n) is 3.33. The molecule has 0 saturated carbocycles. The molecular weight excluding hydrogens is 332 g/mol. The molecule has 0 radical (unpaired) electrons. The molecule has 0 atom stereocenters. The molecule has 1 aromatic rings. The molecule has 1 amide bonds. The van der Waals surface area contributed by atoms with E-state index in [-0.39, 0.29) is 5.91 Å². The monoisotopic (exact) mass is 360 g/mol. The predicted octanol–water partition coefficient (Wildman–Crippen LogP) is 1.35. The zero-order valence-corrected chi connectivity index (χ0v) is 15.8. The number of amides is 1. The molecule has 0 bridgehead atoms. The molecule has 1 saturated heterocycles. The standard InChI is InChI=1S/C19H28N4O3/c1-4-25-15-7-5-6-8-16(15)26-14-13-23-11-9-19(10-12-23)17(24)20-18(21-19)22(2)3/h5-8H,4,9-14H2,1-3H3,(H,20,21,24). The van der Waals surface area contributed by atoms with Gasteiger partial charge in [0.1, 0.15) is 12.1 Å². The quantitative estimate of drug-likeness (QED) is 0.829. The van der Waals surface area contributed by atoms with Crippen LogP contribution in [0.3, 0.4) is 0 Å². The van der Waals surface area contributed by atoms with E-state index in [0.717, 1.165) is 44.0 Å². The topological polar surface area (TPSA) is 66.4 Å². The van der Waals surface area contributed by atoms with Crippen LogP contribution in [0.4, 0.5) is 0 Å². The first-order valence-corrected chi connectivity index (χ1v) is 9.20. The number of carbonyl (C=O) groups excluding carboxylic acids is 1. The van der Waals surface area contributed by atoms with Crippen LogP contribution in [0.5, 0.6) is 11.5 Å². The summed E-state index contributed by atoms with van der Waals surface area (Å²) in [6, 6.07) is 7.73. The first-order valence-electron chi connectivity index (χ1n) is 9.20. The van der Waals surface area contributed by atoms with E-state index in [1.165, 1.54) is 0 Å². The van der Waals surface area contributed by atoms with Crippen LogP contribution in [-0.4, -0.2) is 74.1 Å². The smallest absolute Gasteiger partial charge is 0.254 e. The number of nitrogens with zero attached hydrogens (tertiary/aromatic N) is 3. The van der Waals surface area contributed by atoms with Gasteiger partial charge in [-0.3, -0.25) is 15.0 Å². The number of rotatable bonds is 6. The maximum Gasteiger partial charge on any atom is 0.254 e. The van der Waals surface area contributed by atoms with Crippen LogP contribution in [0.25, 0.3) is 0 Å². The second-order valence-corrected chi connectivity index (χ2v) is 6.89. The second-order valence-electron chi connectivity index (χ2n) is 6.89. The number of para-hydroxylation sites is 2. The number of hydrogen-bond donors (Lipinski definition) is 1. The molecule has 142 valence electrons. The van der Waals surface area contributed by atoms with Crippen molar-refractivity contribution in [3.8, 4) is 11.5 Å². The first-order chi connectivity index (χ1) is 12.5. The van der Waals surface area contributed by atoms with Crippen molar-refractivity contribution in [2.45, 2.75) is 25.3 Å².